The number of rotatable bonds is 5. The second-order valence-corrected chi connectivity index (χ2v) is 5.17. The van der Waals surface area contributed by atoms with E-state index in [9.17, 15) is 0 Å². The average Bonchev–Trinajstić information content (AvgIpc) is 2.37. The number of hydrogen-bond acceptors (Lipinski definition) is 5. The number of ether oxygens (including phenoxy) is 1. The van der Waals surface area contributed by atoms with Gasteiger partial charge in [0, 0.05) is 10.8 Å². The van der Waals surface area contributed by atoms with Gasteiger partial charge in [-0.1, -0.05) is 41.6 Å². The largest absolute Gasteiger partial charge is 0.464 e. The third-order valence-electron chi connectivity index (χ3n) is 2.16. The van der Waals surface area contributed by atoms with Crippen molar-refractivity contribution in [2.24, 2.45) is 0 Å². The van der Waals surface area contributed by atoms with Crippen LogP contribution in [-0.4, -0.2) is 21.6 Å². The molecule has 1 heterocycles. The standard InChI is InChI=1S/C12H11Cl2N3OS/c1-2-18-11-15-10(14)16-12(17-11)19-7-8-5-3-4-6-9(8)13/h3-6H,2,7H2,1H3. The fourth-order valence-electron chi connectivity index (χ4n) is 1.33. The van der Waals surface area contributed by atoms with Crippen molar-refractivity contribution in [3.63, 3.8) is 0 Å². The second kappa shape index (κ2) is 6.93. The van der Waals surface area contributed by atoms with Gasteiger partial charge in [-0.05, 0) is 30.2 Å². The van der Waals surface area contributed by atoms with Crippen LogP contribution < -0.4 is 4.74 Å². The van der Waals surface area contributed by atoms with Crippen LogP contribution in [0.4, 0.5) is 0 Å². The summed E-state index contributed by atoms with van der Waals surface area (Å²) in [7, 11) is 0. The van der Waals surface area contributed by atoms with Gasteiger partial charge in [-0.25, -0.2) is 0 Å². The molecule has 0 aliphatic heterocycles. The molecular formula is C12H11Cl2N3OS. The molecule has 0 amide bonds. The van der Waals surface area contributed by atoms with Gasteiger partial charge in [0.05, 0.1) is 6.61 Å². The van der Waals surface area contributed by atoms with Crippen LogP contribution in [0.2, 0.25) is 10.3 Å². The normalized spacial score (nSPS) is 10.5. The molecule has 0 fully saturated rings. The van der Waals surface area contributed by atoms with Crippen LogP contribution in [0, 0.1) is 0 Å². The Morgan fingerprint density at radius 2 is 1.95 bits per heavy atom. The Bertz CT molecular complexity index is 568. The summed E-state index contributed by atoms with van der Waals surface area (Å²) in [6.45, 7) is 2.34. The number of halogens is 2. The summed E-state index contributed by atoms with van der Waals surface area (Å²) in [5.41, 5.74) is 1.02. The smallest absolute Gasteiger partial charge is 0.321 e. The first kappa shape index (κ1) is 14.4. The highest BCUT2D eigenvalue weighted by Gasteiger charge is 2.07. The molecule has 2 rings (SSSR count). The molecule has 7 heteroatoms. The van der Waals surface area contributed by atoms with E-state index < -0.39 is 0 Å². The number of aromatic nitrogens is 3. The van der Waals surface area contributed by atoms with E-state index in [-0.39, 0.29) is 11.3 Å². The summed E-state index contributed by atoms with van der Waals surface area (Å²) in [4.78, 5) is 12.1. The molecule has 19 heavy (non-hydrogen) atoms. The van der Waals surface area contributed by atoms with Gasteiger partial charge in [-0.3, -0.25) is 0 Å². The topological polar surface area (TPSA) is 47.9 Å². The fraction of sp³-hybridized carbons (Fsp3) is 0.250. The van der Waals surface area contributed by atoms with Gasteiger partial charge in [0.25, 0.3) is 0 Å². The highest BCUT2D eigenvalue weighted by Crippen LogP contribution is 2.25. The first-order valence-corrected chi connectivity index (χ1v) is 7.33. The lowest BCUT2D eigenvalue weighted by atomic mass is 10.2. The van der Waals surface area contributed by atoms with E-state index in [2.05, 4.69) is 15.0 Å². The van der Waals surface area contributed by atoms with Crippen LogP contribution in [-0.2, 0) is 5.75 Å². The minimum atomic E-state index is 0.125. The Kier molecular flexibility index (Phi) is 5.24. The zero-order valence-electron chi connectivity index (χ0n) is 10.1. The van der Waals surface area contributed by atoms with Crippen LogP contribution >= 0.6 is 35.0 Å². The van der Waals surface area contributed by atoms with E-state index in [0.717, 1.165) is 10.6 Å². The Balaban J connectivity index is 2.09. The van der Waals surface area contributed by atoms with Gasteiger partial charge in [0.1, 0.15) is 0 Å². The molecule has 0 radical (unpaired) electrons. The first-order valence-electron chi connectivity index (χ1n) is 5.59. The van der Waals surface area contributed by atoms with Crippen LogP contribution in [0.15, 0.2) is 29.4 Å². The maximum atomic E-state index is 6.09. The molecule has 0 aliphatic carbocycles. The molecule has 0 atom stereocenters. The van der Waals surface area contributed by atoms with Crippen molar-refractivity contribution in [1.82, 2.24) is 15.0 Å². The van der Waals surface area contributed by atoms with Gasteiger partial charge in [-0.15, -0.1) is 0 Å². The molecule has 1 aromatic heterocycles. The van der Waals surface area contributed by atoms with E-state index >= 15 is 0 Å². The van der Waals surface area contributed by atoms with Crippen molar-refractivity contribution in [2.75, 3.05) is 6.61 Å². The Hall–Kier alpha value is -1.04. The maximum absolute atomic E-state index is 6.09. The predicted octanol–water partition coefficient (Wildman–Crippen LogP) is 3.87. The third kappa shape index (κ3) is 4.23. The molecule has 100 valence electrons. The van der Waals surface area contributed by atoms with Gasteiger partial charge >= 0.3 is 6.01 Å². The summed E-state index contributed by atoms with van der Waals surface area (Å²) in [5, 5.41) is 1.36. The quantitative estimate of drug-likeness (QED) is 0.784. The third-order valence-corrected chi connectivity index (χ3v) is 3.59. The van der Waals surface area contributed by atoms with Crippen LogP contribution in [0.3, 0.4) is 0 Å². The van der Waals surface area contributed by atoms with Crippen molar-refractivity contribution < 1.29 is 4.74 Å². The van der Waals surface area contributed by atoms with Crippen LogP contribution in [0.1, 0.15) is 12.5 Å². The van der Waals surface area contributed by atoms with E-state index in [4.69, 9.17) is 27.9 Å². The summed E-state index contributed by atoms with van der Waals surface area (Å²) < 4.78 is 5.22. The van der Waals surface area contributed by atoms with Crippen molar-refractivity contribution in [3.05, 3.63) is 40.1 Å². The van der Waals surface area contributed by atoms with Gasteiger partial charge < -0.3 is 4.74 Å². The SMILES string of the molecule is CCOc1nc(Cl)nc(SCc2ccccc2Cl)n1. The molecule has 0 saturated heterocycles. The zero-order valence-corrected chi connectivity index (χ0v) is 12.5. The average molecular weight is 316 g/mol. The number of hydrogen-bond donors (Lipinski definition) is 0. The first-order chi connectivity index (χ1) is 9.19. The molecule has 0 N–H and O–H groups in total. The summed E-state index contributed by atoms with van der Waals surface area (Å²) >= 11 is 13.3. The molecule has 2 aromatic rings. The Morgan fingerprint density at radius 1 is 1.16 bits per heavy atom. The molecule has 1 aromatic carbocycles. The lowest BCUT2D eigenvalue weighted by molar-refractivity contribution is 0.307. The van der Waals surface area contributed by atoms with E-state index in [0.29, 0.717) is 17.5 Å². The van der Waals surface area contributed by atoms with E-state index in [1.54, 1.807) is 0 Å². The Labute approximate surface area is 125 Å². The molecule has 0 unspecified atom stereocenters. The lowest BCUT2D eigenvalue weighted by Crippen LogP contribution is -2.00. The van der Waals surface area contributed by atoms with E-state index in [1.807, 2.05) is 31.2 Å². The van der Waals surface area contributed by atoms with E-state index in [1.165, 1.54) is 11.8 Å². The highest BCUT2D eigenvalue weighted by molar-refractivity contribution is 7.98. The van der Waals surface area contributed by atoms with Crippen molar-refractivity contribution in [3.8, 4) is 6.01 Å². The summed E-state index contributed by atoms with van der Waals surface area (Å²) in [6, 6.07) is 7.88. The van der Waals surface area contributed by atoms with Gasteiger partial charge in [0.2, 0.25) is 5.28 Å². The number of thioether (sulfide) groups is 1. The lowest BCUT2D eigenvalue weighted by Gasteiger charge is -2.05. The second-order valence-electron chi connectivity index (χ2n) is 3.48. The monoisotopic (exact) mass is 315 g/mol. The highest BCUT2D eigenvalue weighted by atomic mass is 35.5. The Morgan fingerprint density at radius 3 is 2.68 bits per heavy atom. The molecular weight excluding hydrogens is 305 g/mol. The minimum Gasteiger partial charge on any atom is -0.464 e. The molecule has 0 aliphatic rings. The van der Waals surface area contributed by atoms with Crippen molar-refractivity contribution in [2.45, 2.75) is 17.8 Å². The summed E-state index contributed by atoms with van der Waals surface area (Å²) in [5.74, 6) is 0.658. The number of nitrogens with zero attached hydrogens (tertiary/aromatic N) is 3. The van der Waals surface area contributed by atoms with Gasteiger partial charge in [-0.2, -0.15) is 15.0 Å². The molecule has 0 bridgehead atoms. The van der Waals surface area contributed by atoms with Crippen LogP contribution in [0.25, 0.3) is 0 Å². The molecule has 0 spiro atoms. The number of benzene rings is 1. The van der Waals surface area contributed by atoms with Gasteiger partial charge in [0.15, 0.2) is 5.16 Å². The molecule has 0 saturated carbocycles. The molecule has 4 nitrogen and oxygen atoms in total. The maximum Gasteiger partial charge on any atom is 0.321 e. The fourth-order valence-corrected chi connectivity index (χ4v) is 2.64. The minimum absolute atomic E-state index is 0.125. The van der Waals surface area contributed by atoms with Crippen molar-refractivity contribution >= 4 is 35.0 Å². The summed E-state index contributed by atoms with van der Waals surface area (Å²) in [6.07, 6.45) is 0. The van der Waals surface area contributed by atoms with Crippen molar-refractivity contribution in [1.29, 1.82) is 0 Å². The predicted molar refractivity (Wildman–Crippen MR) is 77.0 cm³/mol. The zero-order chi connectivity index (χ0) is 13.7. The van der Waals surface area contributed by atoms with Crippen LogP contribution in [0.5, 0.6) is 6.01 Å².